The maximum Gasteiger partial charge on any atom is 0.264 e. The number of benzene rings is 7. The molecule has 0 bridgehead atoms. The number of carbonyl (C=O) groups excluding carboxylic acids is 4. The average Bonchev–Trinajstić information content (AvgIpc) is 3.85. The fourth-order valence-electron chi connectivity index (χ4n) is 10.2. The zero-order chi connectivity index (χ0) is 43.1. The summed E-state index contributed by atoms with van der Waals surface area (Å²) >= 11 is 0. The summed E-state index contributed by atoms with van der Waals surface area (Å²) in [6.07, 6.45) is 3.97. The third-order valence-electron chi connectivity index (χ3n) is 13.4. The van der Waals surface area contributed by atoms with Crippen molar-refractivity contribution >= 4 is 73.6 Å². The Kier molecular flexibility index (Phi) is 8.94. The lowest BCUT2D eigenvalue weighted by Gasteiger charge is -2.36. The van der Waals surface area contributed by atoms with Gasteiger partial charge >= 0.3 is 0 Å². The van der Waals surface area contributed by atoms with E-state index in [-0.39, 0.29) is 43.3 Å². The molecule has 4 amide bonds. The number of rotatable bonds is 9. The Balaban J connectivity index is 0.912. The van der Waals surface area contributed by atoms with Crippen molar-refractivity contribution in [1.29, 1.82) is 0 Å². The number of nitrogens with zero attached hydrogens (tertiary/aromatic N) is 4. The van der Waals surface area contributed by atoms with E-state index >= 15 is 0 Å². The Labute approximate surface area is 363 Å². The number of hydrogen-bond acceptors (Lipinski definition) is 6. The van der Waals surface area contributed by atoms with Gasteiger partial charge in [0.25, 0.3) is 17.7 Å². The van der Waals surface area contributed by atoms with Crippen LogP contribution in [0.5, 0.6) is 0 Å². The lowest BCUT2D eigenvalue weighted by molar-refractivity contribution is -0.139. The molecule has 3 atom stereocenters. The highest BCUT2D eigenvalue weighted by Gasteiger charge is 2.53. The number of anilines is 5. The third-order valence-corrected chi connectivity index (χ3v) is 13.4. The van der Waals surface area contributed by atoms with Crippen LogP contribution in [0, 0.1) is 5.92 Å². The van der Waals surface area contributed by atoms with Crippen LogP contribution < -0.4 is 14.7 Å². The van der Waals surface area contributed by atoms with E-state index in [1.54, 1.807) is 56.9 Å². The van der Waals surface area contributed by atoms with Crippen molar-refractivity contribution in [3.8, 4) is 0 Å². The Hall–Kier alpha value is -7.40. The van der Waals surface area contributed by atoms with Gasteiger partial charge in [-0.3, -0.25) is 29.0 Å². The zero-order valence-corrected chi connectivity index (χ0v) is 34.4. The fourth-order valence-corrected chi connectivity index (χ4v) is 10.2. The minimum Gasteiger partial charge on any atom is -0.394 e. The van der Waals surface area contributed by atoms with Crippen molar-refractivity contribution < 1.29 is 29.4 Å². The van der Waals surface area contributed by atoms with Crippen molar-refractivity contribution in [1.82, 2.24) is 4.90 Å². The molecular weight excluding hydrogens is 789 g/mol. The van der Waals surface area contributed by atoms with Gasteiger partial charge in [-0.05, 0) is 88.5 Å². The van der Waals surface area contributed by atoms with E-state index in [0.717, 1.165) is 49.6 Å². The zero-order valence-electron chi connectivity index (χ0n) is 34.4. The molecule has 0 saturated carbocycles. The molecule has 4 aliphatic heterocycles. The quantitative estimate of drug-likeness (QED) is 0.140. The molecule has 0 fully saturated rings. The van der Waals surface area contributed by atoms with Crippen molar-refractivity contribution in [3.63, 3.8) is 0 Å². The Morgan fingerprint density at radius 3 is 1.94 bits per heavy atom. The van der Waals surface area contributed by atoms with Crippen LogP contribution in [0.3, 0.4) is 0 Å². The Morgan fingerprint density at radius 1 is 0.714 bits per heavy atom. The molecule has 310 valence electrons. The number of aliphatic hydroxyl groups excluding tert-OH is 1. The van der Waals surface area contributed by atoms with Gasteiger partial charge < -0.3 is 20.0 Å². The SMILES string of the molecule is C[C@H](/C=C/CC(=O)N1Cc2ccccc2C[C@H]1CO)[C@@]1(O)C(=O)N(Cc2ccc(N3C(=O)c4cccc5cccc3c45)cc2)c2ccc(N3C(=O)c4cccc5cccc3c45)cc21. The highest BCUT2D eigenvalue weighted by molar-refractivity contribution is 6.29. The molecule has 10 nitrogen and oxygen atoms in total. The number of carbonyl (C=O) groups is 4. The van der Waals surface area contributed by atoms with Gasteiger partial charge in [0.05, 0.1) is 47.4 Å². The molecule has 4 heterocycles. The highest BCUT2D eigenvalue weighted by Crippen LogP contribution is 2.50. The monoisotopic (exact) mass is 830 g/mol. The van der Waals surface area contributed by atoms with Gasteiger partial charge in [0.2, 0.25) is 5.91 Å². The number of hydrogen-bond donors (Lipinski definition) is 2. The van der Waals surface area contributed by atoms with Gasteiger partial charge in [-0.1, -0.05) is 104 Å². The second-order valence-electron chi connectivity index (χ2n) is 16.9. The van der Waals surface area contributed by atoms with E-state index in [9.17, 15) is 29.4 Å². The van der Waals surface area contributed by atoms with E-state index in [4.69, 9.17) is 0 Å². The first-order valence-electron chi connectivity index (χ1n) is 21.3. The molecule has 0 aliphatic carbocycles. The summed E-state index contributed by atoms with van der Waals surface area (Å²) in [4.78, 5) is 62.9. The summed E-state index contributed by atoms with van der Waals surface area (Å²) in [5.41, 5.74) is 5.72. The highest BCUT2D eigenvalue weighted by atomic mass is 16.3. The summed E-state index contributed by atoms with van der Waals surface area (Å²) in [7, 11) is 0. The summed E-state index contributed by atoms with van der Waals surface area (Å²) in [6, 6.07) is 43.5. The molecule has 2 N–H and O–H groups in total. The van der Waals surface area contributed by atoms with E-state index in [0.29, 0.717) is 46.7 Å². The van der Waals surface area contributed by atoms with Gasteiger partial charge in [0.1, 0.15) is 0 Å². The molecule has 10 heteroatoms. The Morgan fingerprint density at radius 2 is 1.30 bits per heavy atom. The fraction of sp³-hybridized carbons (Fsp3) is 0.170. The summed E-state index contributed by atoms with van der Waals surface area (Å²) in [6.45, 7) is 2.11. The van der Waals surface area contributed by atoms with Gasteiger partial charge in [-0.2, -0.15) is 0 Å². The van der Waals surface area contributed by atoms with Gasteiger partial charge in [-0.15, -0.1) is 0 Å². The molecule has 7 aromatic rings. The van der Waals surface area contributed by atoms with Gasteiger partial charge in [-0.25, -0.2) is 0 Å². The lowest BCUT2D eigenvalue weighted by atomic mass is 9.82. The molecule has 0 aromatic heterocycles. The van der Waals surface area contributed by atoms with E-state index in [1.807, 2.05) is 121 Å². The molecule has 4 aliphatic rings. The molecule has 63 heavy (non-hydrogen) atoms. The van der Waals surface area contributed by atoms with Gasteiger partial charge in [0.15, 0.2) is 5.60 Å². The molecule has 0 unspecified atom stereocenters. The van der Waals surface area contributed by atoms with Crippen molar-refractivity contribution in [3.05, 3.63) is 185 Å². The first-order chi connectivity index (χ1) is 30.6. The number of amides is 4. The van der Waals surface area contributed by atoms with Crippen LogP contribution in [0.4, 0.5) is 28.4 Å². The molecule has 0 saturated heterocycles. The van der Waals surface area contributed by atoms with E-state index in [2.05, 4.69) is 0 Å². The molecule has 0 spiro atoms. The topological polar surface area (TPSA) is 122 Å². The maximum absolute atomic E-state index is 14.9. The smallest absolute Gasteiger partial charge is 0.264 e. The minimum absolute atomic E-state index is 0.0138. The van der Waals surface area contributed by atoms with Crippen LogP contribution in [-0.4, -0.2) is 51.4 Å². The first-order valence-corrected chi connectivity index (χ1v) is 21.3. The Bertz CT molecular complexity index is 3110. The van der Waals surface area contributed by atoms with Crippen LogP contribution in [-0.2, 0) is 34.7 Å². The largest absolute Gasteiger partial charge is 0.394 e. The van der Waals surface area contributed by atoms with Crippen molar-refractivity contribution in [2.24, 2.45) is 5.92 Å². The van der Waals surface area contributed by atoms with E-state index in [1.165, 1.54) is 0 Å². The molecular formula is C53H42N4O6. The molecule has 7 aromatic carbocycles. The number of aliphatic hydroxyl groups is 2. The van der Waals surface area contributed by atoms with Crippen molar-refractivity contribution in [2.75, 3.05) is 21.3 Å². The second kappa shape index (κ2) is 14.6. The second-order valence-corrected chi connectivity index (χ2v) is 16.9. The van der Waals surface area contributed by atoms with E-state index < -0.39 is 17.4 Å². The lowest BCUT2D eigenvalue weighted by Crippen LogP contribution is -2.46. The number of fused-ring (bicyclic) bond motifs is 2. The summed E-state index contributed by atoms with van der Waals surface area (Å²) in [5, 5.41) is 26.7. The predicted octanol–water partition coefficient (Wildman–Crippen LogP) is 8.84. The standard InChI is InChI=1S/C53H42N4O6/c1-32(9-4-20-47(59)54-30-37-11-3-2-10-36(37)27-40(54)31-58)53(63)43-28-39(57-46-19-8-15-35-13-6-17-42(49(35)46)51(57)61)25-26-44(43)55(52(53)62)29-33-21-23-38(24-22-33)56-45-18-7-14-34-12-5-16-41(48(34)45)50(56)60/h2-19,21-26,28,32,40,58,63H,20,27,29-31H2,1H3/b9-4+/t32-,40+,53+/m1/s1. The van der Waals surface area contributed by atoms with Crippen LogP contribution in [0.1, 0.15) is 56.3 Å². The van der Waals surface area contributed by atoms with Crippen LogP contribution in [0.2, 0.25) is 0 Å². The molecule has 0 radical (unpaired) electrons. The minimum atomic E-state index is -2.06. The van der Waals surface area contributed by atoms with Crippen LogP contribution in [0.15, 0.2) is 152 Å². The molecule has 11 rings (SSSR count). The van der Waals surface area contributed by atoms with Crippen LogP contribution in [0.25, 0.3) is 21.5 Å². The summed E-state index contributed by atoms with van der Waals surface area (Å²) < 4.78 is 0. The third kappa shape index (κ3) is 5.86. The average molecular weight is 831 g/mol. The maximum atomic E-state index is 14.9. The predicted molar refractivity (Wildman–Crippen MR) is 243 cm³/mol. The van der Waals surface area contributed by atoms with Crippen molar-refractivity contribution in [2.45, 2.75) is 44.5 Å². The van der Waals surface area contributed by atoms with Crippen LogP contribution >= 0.6 is 0 Å². The summed E-state index contributed by atoms with van der Waals surface area (Å²) in [5.74, 6) is -1.80. The first kappa shape index (κ1) is 38.5. The normalized spacial score (nSPS) is 19.2. The van der Waals surface area contributed by atoms with Gasteiger partial charge in [0, 0.05) is 46.6 Å².